The predicted octanol–water partition coefficient (Wildman–Crippen LogP) is 25.2. The Bertz CT molecular complexity index is 2150. The van der Waals surface area contributed by atoms with Gasteiger partial charge in [0.1, 0.15) is 19.3 Å². The Morgan fingerprint density at radius 3 is 0.760 bits per heavy atom. The fourth-order valence-corrected chi connectivity index (χ4v) is 13.9. The summed E-state index contributed by atoms with van der Waals surface area (Å²) in [6.45, 7) is 4.91. The van der Waals surface area contributed by atoms with E-state index >= 15 is 0 Å². The van der Waals surface area contributed by atoms with Crippen LogP contribution < -0.4 is 0 Å². The normalized spacial score (nSPS) is 14.0. The fourth-order valence-electron chi connectivity index (χ4n) is 12.3. The molecule has 2 unspecified atom stereocenters. The van der Waals surface area contributed by atoms with E-state index in [2.05, 4.69) is 64.2 Å². The third kappa shape index (κ3) is 77.2. The largest absolute Gasteiger partial charge is 0.472 e. The Hall–Kier alpha value is -2.98. The average Bonchev–Trinajstić information content (AvgIpc) is 0.910. The van der Waals surface area contributed by atoms with Crippen LogP contribution in [0.2, 0.25) is 0 Å². The number of esters is 4. The highest BCUT2D eigenvalue weighted by Crippen LogP contribution is 2.45. The zero-order valence-corrected chi connectivity index (χ0v) is 68.8. The van der Waals surface area contributed by atoms with Crippen molar-refractivity contribution >= 4 is 39.5 Å². The molecule has 0 aliphatic carbocycles. The van der Waals surface area contributed by atoms with Crippen LogP contribution in [-0.4, -0.2) is 96.7 Å². The maximum atomic E-state index is 13.1. The molecule has 0 bridgehead atoms. The van der Waals surface area contributed by atoms with E-state index in [1.807, 2.05) is 12.2 Å². The molecule has 0 amide bonds. The number of hydrogen-bond acceptors (Lipinski definition) is 15. The molecular formula is C85H158O17P2. The Kier molecular flexibility index (Phi) is 75.9. The van der Waals surface area contributed by atoms with Crippen LogP contribution in [0, 0.1) is 0 Å². The second-order valence-electron chi connectivity index (χ2n) is 29.2. The smallest absolute Gasteiger partial charge is 0.462 e. The minimum Gasteiger partial charge on any atom is -0.462 e. The molecule has 5 atom stereocenters. The van der Waals surface area contributed by atoms with Gasteiger partial charge in [0.15, 0.2) is 12.2 Å². The molecule has 19 heteroatoms. The maximum Gasteiger partial charge on any atom is 0.472 e. The van der Waals surface area contributed by atoms with Crippen LogP contribution in [0.5, 0.6) is 0 Å². The molecule has 0 radical (unpaired) electrons. The van der Waals surface area contributed by atoms with Crippen LogP contribution in [0.1, 0.15) is 413 Å². The van der Waals surface area contributed by atoms with Crippen molar-refractivity contribution in [3.8, 4) is 0 Å². The third-order valence-electron chi connectivity index (χ3n) is 18.8. The van der Waals surface area contributed by atoms with Gasteiger partial charge in [0, 0.05) is 25.7 Å². The molecule has 17 nitrogen and oxygen atoms in total. The summed E-state index contributed by atoms with van der Waals surface area (Å²) in [6.07, 6.45) is 78.0. The second kappa shape index (κ2) is 78.2. The predicted molar refractivity (Wildman–Crippen MR) is 427 cm³/mol. The number of carbonyl (C=O) groups excluding carboxylic acids is 4. The van der Waals surface area contributed by atoms with Crippen molar-refractivity contribution in [2.45, 2.75) is 431 Å². The monoisotopic (exact) mass is 1510 g/mol. The molecule has 0 aromatic heterocycles. The van der Waals surface area contributed by atoms with Crippen molar-refractivity contribution in [1.82, 2.24) is 0 Å². The first-order valence-corrected chi connectivity index (χ1v) is 45.9. The molecule has 610 valence electrons. The third-order valence-corrected chi connectivity index (χ3v) is 20.7. The van der Waals surface area contributed by atoms with Crippen LogP contribution in [0.15, 0.2) is 48.6 Å². The van der Waals surface area contributed by atoms with Crippen LogP contribution in [0.25, 0.3) is 0 Å². The standard InChI is InChI=1S/C85H158O17P2/c1-5-9-13-17-21-25-29-33-36-39-42-46-49-53-57-61-65-69-82(87)95-75-80(101-84(89)71-67-63-59-55-51-45-32-28-24-20-16-12-8-4)77-99-103(91,92)97-73-79(86)74-98-104(93,94)100-78-81(102-85(90)72-68-64-60-56-52-48-44-41-38-35-31-27-23-19-15-11-7-3)76-96-83(88)70-66-62-58-54-50-47-43-40-37-34-30-26-22-18-14-10-6-2/h23,27,35,38,44,48,56,60,79-81,86H,5-22,24-26,28-34,36-37,39-43,45-47,49-55,57-59,61-78H2,1-4H3,(H,91,92)(H,93,94)/b27-23-,38-35-,48-44-,60-56-/t79-,80+,81+/m0/s1. The lowest BCUT2D eigenvalue weighted by atomic mass is 10.0. The summed E-state index contributed by atoms with van der Waals surface area (Å²) in [5.41, 5.74) is 0. The summed E-state index contributed by atoms with van der Waals surface area (Å²) in [7, 11) is -9.96. The zero-order valence-electron chi connectivity index (χ0n) is 67.0. The number of aliphatic hydroxyl groups excluding tert-OH is 1. The van der Waals surface area contributed by atoms with Gasteiger partial charge in [-0.25, -0.2) is 9.13 Å². The zero-order chi connectivity index (χ0) is 76.0. The summed E-state index contributed by atoms with van der Waals surface area (Å²) in [5.74, 6) is -2.19. The molecule has 0 aromatic carbocycles. The van der Waals surface area contributed by atoms with Gasteiger partial charge in [0.05, 0.1) is 26.4 Å². The molecule has 0 saturated heterocycles. The molecule has 0 aromatic rings. The van der Waals surface area contributed by atoms with Gasteiger partial charge in [-0.2, -0.15) is 0 Å². The van der Waals surface area contributed by atoms with E-state index in [-0.39, 0.29) is 25.7 Å². The summed E-state index contributed by atoms with van der Waals surface area (Å²) in [6, 6.07) is 0. The Balaban J connectivity index is 5.33. The highest BCUT2D eigenvalue weighted by atomic mass is 31.2. The van der Waals surface area contributed by atoms with E-state index in [0.29, 0.717) is 32.1 Å². The van der Waals surface area contributed by atoms with Gasteiger partial charge in [-0.15, -0.1) is 0 Å². The van der Waals surface area contributed by atoms with Crippen LogP contribution >= 0.6 is 15.6 Å². The summed E-state index contributed by atoms with van der Waals surface area (Å²) in [4.78, 5) is 73.1. The summed E-state index contributed by atoms with van der Waals surface area (Å²) in [5, 5.41) is 10.7. The SMILES string of the molecule is CCCCC/C=C\C/C=C\C/C=C\C/C=C\CCCC(=O)O[C@H](COC(=O)CCCCCCCCCCCCCCCCCCC)COP(=O)(O)OC[C@@H](O)COP(=O)(O)OC[C@@H](COC(=O)CCCCCCCCCCCCCCCCCCC)OC(=O)CCCCCCCCCCCCCCC. The van der Waals surface area contributed by atoms with Crippen LogP contribution in [0.3, 0.4) is 0 Å². The van der Waals surface area contributed by atoms with E-state index in [9.17, 15) is 43.2 Å². The van der Waals surface area contributed by atoms with Crippen molar-refractivity contribution in [2.75, 3.05) is 39.6 Å². The number of phosphoric ester groups is 2. The van der Waals surface area contributed by atoms with E-state index in [4.69, 9.17) is 37.0 Å². The first kappa shape index (κ1) is 101. The Morgan fingerprint density at radius 2 is 0.481 bits per heavy atom. The molecule has 0 heterocycles. The van der Waals surface area contributed by atoms with E-state index in [1.165, 1.54) is 238 Å². The van der Waals surface area contributed by atoms with Gasteiger partial charge >= 0.3 is 39.5 Å². The molecule has 0 aliphatic rings. The van der Waals surface area contributed by atoms with Gasteiger partial charge in [0.25, 0.3) is 0 Å². The number of rotatable bonds is 82. The molecule has 0 rings (SSSR count). The van der Waals surface area contributed by atoms with Gasteiger partial charge in [-0.3, -0.25) is 37.3 Å². The number of allylic oxidation sites excluding steroid dienone is 8. The van der Waals surface area contributed by atoms with Crippen molar-refractivity contribution in [3.63, 3.8) is 0 Å². The first-order valence-electron chi connectivity index (χ1n) is 42.9. The van der Waals surface area contributed by atoms with Gasteiger partial charge in [-0.1, -0.05) is 372 Å². The quantitative estimate of drug-likeness (QED) is 0.0169. The van der Waals surface area contributed by atoms with Crippen molar-refractivity contribution in [1.29, 1.82) is 0 Å². The van der Waals surface area contributed by atoms with Crippen molar-refractivity contribution in [3.05, 3.63) is 48.6 Å². The topological polar surface area (TPSA) is 237 Å². The maximum absolute atomic E-state index is 13.1. The van der Waals surface area contributed by atoms with Crippen LogP contribution in [-0.2, 0) is 65.4 Å². The minimum atomic E-state index is -4.98. The number of phosphoric acid groups is 2. The molecule has 0 saturated carbocycles. The summed E-state index contributed by atoms with van der Waals surface area (Å²) < 4.78 is 68.7. The van der Waals surface area contributed by atoms with Gasteiger partial charge in [0.2, 0.25) is 0 Å². The minimum absolute atomic E-state index is 0.0259. The number of hydrogen-bond donors (Lipinski definition) is 3. The Morgan fingerprint density at radius 1 is 0.269 bits per heavy atom. The highest BCUT2D eigenvalue weighted by Gasteiger charge is 2.30. The molecule has 0 fully saturated rings. The van der Waals surface area contributed by atoms with Gasteiger partial charge in [-0.05, 0) is 64.2 Å². The fraction of sp³-hybridized carbons (Fsp3) is 0.859. The van der Waals surface area contributed by atoms with E-state index in [1.54, 1.807) is 0 Å². The lowest BCUT2D eigenvalue weighted by Gasteiger charge is -2.21. The van der Waals surface area contributed by atoms with E-state index < -0.39 is 97.5 Å². The Labute approximate surface area is 636 Å². The number of unbranched alkanes of at least 4 members (excludes halogenated alkanes) is 48. The second-order valence-corrected chi connectivity index (χ2v) is 32.1. The lowest BCUT2D eigenvalue weighted by molar-refractivity contribution is -0.161. The first-order chi connectivity index (χ1) is 50.7. The number of aliphatic hydroxyl groups is 1. The van der Waals surface area contributed by atoms with Crippen molar-refractivity contribution in [2.24, 2.45) is 0 Å². The number of ether oxygens (including phenoxy) is 4. The number of carbonyl (C=O) groups is 4. The molecule has 3 N–H and O–H groups in total. The molecule has 0 aliphatic heterocycles. The van der Waals surface area contributed by atoms with E-state index in [0.717, 1.165) is 89.9 Å². The van der Waals surface area contributed by atoms with Crippen LogP contribution in [0.4, 0.5) is 0 Å². The molecular weight excluding hydrogens is 1350 g/mol. The molecule has 0 spiro atoms. The molecule has 104 heavy (non-hydrogen) atoms. The van der Waals surface area contributed by atoms with Crippen molar-refractivity contribution < 1.29 is 80.2 Å². The lowest BCUT2D eigenvalue weighted by Crippen LogP contribution is -2.30. The average molecular weight is 1510 g/mol. The van der Waals surface area contributed by atoms with Gasteiger partial charge < -0.3 is 33.8 Å². The highest BCUT2D eigenvalue weighted by molar-refractivity contribution is 7.47. The summed E-state index contributed by atoms with van der Waals surface area (Å²) >= 11 is 0.